The Morgan fingerprint density at radius 3 is 1.20 bits per heavy atom. The third kappa shape index (κ3) is 17.0. The van der Waals surface area contributed by atoms with Gasteiger partial charge in [0.15, 0.2) is 0 Å². The van der Waals surface area contributed by atoms with Crippen LogP contribution in [0.4, 0.5) is 0 Å². The van der Waals surface area contributed by atoms with E-state index in [1.165, 1.54) is 77.0 Å². The summed E-state index contributed by atoms with van der Waals surface area (Å²) >= 11 is 0. The quantitative estimate of drug-likeness (QED) is 0.271. The summed E-state index contributed by atoms with van der Waals surface area (Å²) in [5.41, 5.74) is -0.605. The van der Waals surface area contributed by atoms with Crippen molar-refractivity contribution >= 4 is 5.97 Å². The van der Waals surface area contributed by atoms with Crippen molar-refractivity contribution in [2.24, 2.45) is 5.41 Å². The second kappa shape index (κ2) is 19.9. The Morgan fingerprint density at radius 1 is 0.640 bits per heavy atom. The third-order valence-electron chi connectivity index (χ3n) is 5.41. The molecule has 0 heterocycles. The molecule has 0 aliphatic carbocycles. The average molecular weight is 379 g/mol. The fourth-order valence-corrected chi connectivity index (χ4v) is 3.45. The first-order valence-corrected chi connectivity index (χ1v) is 10.8. The topological polar surface area (TPSA) is 40.1 Å². The van der Waals surface area contributed by atoms with Gasteiger partial charge in [-0.15, -0.1) is 0 Å². The summed E-state index contributed by atoms with van der Waals surface area (Å²) in [6.07, 6.45) is 20.5. The Kier molecular flexibility index (Phi) is 22.5. The van der Waals surface area contributed by atoms with Crippen molar-refractivity contribution < 1.29 is 61.3 Å². The van der Waals surface area contributed by atoms with Crippen LogP contribution in [0.15, 0.2) is 0 Å². The molecule has 0 bridgehead atoms. The summed E-state index contributed by atoms with van der Waals surface area (Å²) < 4.78 is 0. The molecular weight excluding hydrogens is 335 g/mol. The molecule has 0 fully saturated rings. The fraction of sp³-hybridized carbons (Fsp3) is 0.955. The van der Waals surface area contributed by atoms with E-state index < -0.39 is 11.4 Å². The van der Waals surface area contributed by atoms with E-state index in [-0.39, 0.29) is 51.4 Å². The van der Waals surface area contributed by atoms with Gasteiger partial charge in [0.25, 0.3) is 0 Å². The van der Waals surface area contributed by atoms with E-state index in [0.717, 1.165) is 32.1 Å². The molecule has 1 unspecified atom stereocenters. The zero-order valence-corrected chi connectivity index (χ0v) is 21.0. The molecule has 0 radical (unpaired) electrons. The molecule has 0 saturated heterocycles. The third-order valence-corrected chi connectivity index (χ3v) is 5.41. The van der Waals surface area contributed by atoms with Gasteiger partial charge in [0.1, 0.15) is 0 Å². The Bertz CT molecular complexity index is 294. The molecule has 0 N–H and O–H groups in total. The molecule has 0 aromatic carbocycles. The van der Waals surface area contributed by atoms with E-state index in [0.29, 0.717) is 0 Å². The summed E-state index contributed by atoms with van der Waals surface area (Å²) in [5, 5.41) is 11.5. The van der Waals surface area contributed by atoms with Gasteiger partial charge in [0, 0.05) is 11.4 Å². The smallest absolute Gasteiger partial charge is 0.550 e. The maximum Gasteiger partial charge on any atom is 1.00 e. The first kappa shape index (κ1) is 28.3. The molecule has 144 valence electrons. The molecule has 0 aliphatic rings. The summed E-state index contributed by atoms with van der Waals surface area (Å²) in [7, 11) is 0. The molecule has 0 saturated carbocycles. The van der Waals surface area contributed by atoms with Crippen molar-refractivity contribution in [3.05, 3.63) is 0 Å². The Balaban J connectivity index is 0. The number of carboxylic acid groups (broad SMARTS) is 1. The first-order chi connectivity index (χ1) is 11.6. The molecular formula is C22H43KO2. The van der Waals surface area contributed by atoms with Crippen LogP contribution in [0.5, 0.6) is 0 Å². The molecule has 0 rings (SSSR count). The second-order valence-corrected chi connectivity index (χ2v) is 7.94. The molecule has 0 aliphatic heterocycles. The molecule has 0 spiro atoms. The van der Waals surface area contributed by atoms with Gasteiger partial charge < -0.3 is 9.90 Å². The van der Waals surface area contributed by atoms with Crippen molar-refractivity contribution in [1.82, 2.24) is 0 Å². The van der Waals surface area contributed by atoms with E-state index >= 15 is 0 Å². The first-order valence-electron chi connectivity index (χ1n) is 10.8. The van der Waals surface area contributed by atoms with Crippen molar-refractivity contribution in [3.8, 4) is 0 Å². The standard InChI is InChI=1S/C22H44O2.K/c1-4-6-8-10-11-12-13-14-16-18-20-22(3,21(23)24)19-17-15-9-7-5-2;/h4-20H2,1-3H3,(H,23,24);/q;+1/p-1. The summed E-state index contributed by atoms with van der Waals surface area (Å²) in [6, 6.07) is 0. The normalized spacial score (nSPS) is 13.2. The number of carboxylic acids is 1. The molecule has 0 aromatic heterocycles. The molecule has 25 heavy (non-hydrogen) atoms. The van der Waals surface area contributed by atoms with Crippen LogP contribution in [0.2, 0.25) is 0 Å². The maximum absolute atomic E-state index is 11.5. The predicted octanol–water partition coefficient (Wildman–Crippen LogP) is 3.42. The van der Waals surface area contributed by atoms with Crippen LogP contribution < -0.4 is 56.5 Å². The number of aliphatic carboxylic acids is 1. The Morgan fingerprint density at radius 2 is 0.920 bits per heavy atom. The van der Waals surface area contributed by atoms with E-state index in [2.05, 4.69) is 13.8 Å². The fourth-order valence-electron chi connectivity index (χ4n) is 3.45. The van der Waals surface area contributed by atoms with Gasteiger partial charge in [-0.1, -0.05) is 117 Å². The minimum absolute atomic E-state index is 0. The van der Waals surface area contributed by atoms with Crippen LogP contribution in [0.3, 0.4) is 0 Å². The van der Waals surface area contributed by atoms with Crippen LogP contribution in [0, 0.1) is 5.41 Å². The van der Waals surface area contributed by atoms with Crippen molar-refractivity contribution in [1.29, 1.82) is 0 Å². The number of rotatable bonds is 18. The predicted molar refractivity (Wildman–Crippen MR) is 103 cm³/mol. The van der Waals surface area contributed by atoms with Crippen LogP contribution in [0.25, 0.3) is 0 Å². The summed E-state index contributed by atoms with van der Waals surface area (Å²) in [5.74, 6) is -0.839. The molecule has 3 heteroatoms. The monoisotopic (exact) mass is 378 g/mol. The average Bonchev–Trinajstić information content (AvgIpc) is 2.56. The maximum atomic E-state index is 11.5. The van der Waals surface area contributed by atoms with Crippen molar-refractivity contribution in [2.75, 3.05) is 0 Å². The van der Waals surface area contributed by atoms with E-state index in [1.54, 1.807) is 0 Å². The van der Waals surface area contributed by atoms with Crippen molar-refractivity contribution in [3.63, 3.8) is 0 Å². The Hall–Kier alpha value is 1.11. The Labute approximate surface area is 200 Å². The number of hydrogen-bond donors (Lipinski definition) is 0. The zero-order valence-electron chi connectivity index (χ0n) is 17.8. The molecule has 2 nitrogen and oxygen atoms in total. The van der Waals surface area contributed by atoms with Gasteiger partial charge in [0.2, 0.25) is 0 Å². The van der Waals surface area contributed by atoms with Gasteiger partial charge in [-0.25, -0.2) is 0 Å². The van der Waals surface area contributed by atoms with Crippen LogP contribution in [-0.2, 0) is 4.79 Å². The van der Waals surface area contributed by atoms with E-state index in [1.807, 2.05) is 6.92 Å². The van der Waals surface area contributed by atoms with E-state index in [9.17, 15) is 9.90 Å². The number of carbonyl (C=O) groups excluding carboxylic acids is 1. The summed E-state index contributed by atoms with van der Waals surface area (Å²) in [4.78, 5) is 11.5. The zero-order chi connectivity index (χ0) is 18.1. The van der Waals surface area contributed by atoms with E-state index in [4.69, 9.17) is 0 Å². The molecule has 1 atom stereocenters. The number of hydrogen-bond acceptors (Lipinski definition) is 2. The van der Waals surface area contributed by atoms with Crippen LogP contribution >= 0.6 is 0 Å². The van der Waals surface area contributed by atoms with Gasteiger partial charge in [-0.2, -0.15) is 0 Å². The largest absolute Gasteiger partial charge is 1.00 e. The van der Waals surface area contributed by atoms with Crippen LogP contribution in [0.1, 0.15) is 130 Å². The molecule has 0 amide bonds. The van der Waals surface area contributed by atoms with Crippen LogP contribution in [-0.4, -0.2) is 5.97 Å². The van der Waals surface area contributed by atoms with Crippen molar-refractivity contribution in [2.45, 2.75) is 130 Å². The molecule has 0 aromatic rings. The van der Waals surface area contributed by atoms with Gasteiger partial charge in [0.05, 0.1) is 0 Å². The minimum Gasteiger partial charge on any atom is -0.550 e. The van der Waals surface area contributed by atoms with Gasteiger partial charge >= 0.3 is 51.4 Å². The second-order valence-electron chi connectivity index (χ2n) is 7.94. The van der Waals surface area contributed by atoms with Gasteiger partial charge in [-0.3, -0.25) is 0 Å². The SMILES string of the molecule is CCCCCCCCCCCCC(C)(CCCCCCC)C(=O)[O-].[K+]. The number of carbonyl (C=O) groups is 1. The minimum atomic E-state index is -0.839. The summed E-state index contributed by atoms with van der Waals surface area (Å²) in [6.45, 7) is 6.36. The van der Waals surface area contributed by atoms with Gasteiger partial charge in [-0.05, 0) is 12.8 Å². The number of unbranched alkanes of at least 4 members (excludes halogenated alkanes) is 13.